The monoisotopic (exact) mass is 294 g/mol. The lowest BCUT2D eigenvalue weighted by Gasteiger charge is -2.26. The minimum atomic E-state index is -0.750. The van der Waals surface area contributed by atoms with Gasteiger partial charge in [-0.15, -0.1) is 0 Å². The Morgan fingerprint density at radius 2 is 1.95 bits per heavy atom. The average Bonchev–Trinajstić information content (AvgIpc) is 2.63. The number of nitrogens with one attached hydrogen (secondary N) is 1. The maximum atomic E-state index is 12.0. The Kier molecular flexibility index (Phi) is 4.88. The Hall–Kier alpha value is -1.56. The molecule has 118 valence electrons. The molecule has 0 spiro atoms. The van der Waals surface area contributed by atoms with Gasteiger partial charge in [0.15, 0.2) is 0 Å². The van der Waals surface area contributed by atoms with E-state index in [4.69, 9.17) is 5.73 Å². The molecule has 4 N–H and O–H groups in total. The van der Waals surface area contributed by atoms with Gasteiger partial charge in [0.1, 0.15) is 6.54 Å². The quantitative estimate of drug-likeness (QED) is 0.729. The number of amides is 1. The number of rotatable bonds is 4. The number of aliphatic hydroxyl groups is 1. The summed E-state index contributed by atoms with van der Waals surface area (Å²) >= 11 is 0. The minimum absolute atomic E-state index is 0.139. The summed E-state index contributed by atoms with van der Waals surface area (Å²) in [6, 6.07) is 0. The summed E-state index contributed by atoms with van der Waals surface area (Å²) in [4.78, 5) is 12.0. The third kappa shape index (κ3) is 3.97. The molecule has 6 heteroatoms. The molecule has 6 nitrogen and oxygen atoms in total. The van der Waals surface area contributed by atoms with Crippen molar-refractivity contribution in [2.24, 2.45) is 0 Å². The van der Waals surface area contributed by atoms with Crippen LogP contribution in [0, 0.1) is 13.8 Å². The molecular weight excluding hydrogens is 268 g/mol. The number of nitrogen functional groups attached to an aromatic ring is 1. The number of hydrogen-bond donors (Lipinski definition) is 3. The largest absolute Gasteiger partial charge is 0.396 e. The topological polar surface area (TPSA) is 93.2 Å². The molecule has 1 aliphatic carbocycles. The van der Waals surface area contributed by atoms with Gasteiger partial charge in [0.25, 0.3) is 0 Å². The van der Waals surface area contributed by atoms with Gasteiger partial charge in [0.05, 0.1) is 22.7 Å². The van der Waals surface area contributed by atoms with Crippen LogP contribution in [-0.2, 0) is 11.3 Å². The molecule has 1 aliphatic rings. The van der Waals surface area contributed by atoms with Gasteiger partial charge in [0.2, 0.25) is 5.91 Å². The van der Waals surface area contributed by atoms with Crippen LogP contribution in [-0.4, -0.2) is 32.9 Å². The van der Waals surface area contributed by atoms with Crippen LogP contribution in [0.2, 0.25) is 0 Å². The number of anilines is 1. The second-order valence-electron chi connectivity index (χ2n) is 6.16. The first kappa shape index (κ1) is 15.8. The first-order chi connectivity index (χ1) is 9.91. The van der Waals surface area contributed by atoms with Crippen LogP contribution >= 0.6 is 0 Å². The highest BCUT2D eigenvalue weighted by Crippen LogP contribution is 2.26. The predicted molar refractivity (Wildman–Crippen MR) is 81.8 cm³/mol. The number of nitrogens with zero attached hydrogens (tertiary/aromatic N) is 2. The zero-order valence-electron chi connectivity index (χ0n) is 13.0. The minimum Gasteiger partial charge on any atom is -0.396 e. The maximum absolute atomic E-state index is 12.0. The fraction of sp³-hybridized carbons (Fsp3) is 0.733. The number of aromatic nitrogens is 2. The Labute approximate surface area is 125 Å². The zero-order chi connectivity index (χ0) is 15.5. The standard InChI is InChI=1S/C15H26N4O2/c1-11-14(16)12(2)19(18-11)9-13(20)17-10-15(21)7-5-3-4-6-8-15/h21H,3-10,16H2,1-2H3,(H,17,20). The number of carbonyl (C=O) groups is 1. The Bertz CT molecular complexity index is 502. The third-order valence-corrected chi connectivity index (χ3v) is 4.38. The van der Waals surface area contributed by atoms with Crippen LogP contribution < -0.4 is 11.1 Å². The second kappa shape index (κ2) is 6.47. The molecule has 1 aromatic heterocycles. The molecule has 0 radical (unpaired) electrons. The molecule has 0 unspecified atom stereocenters. The average molecular weight is 294 g/mol. The lowest BCUT2D eigenvalue weighted by Crippen LogP contribution is -2.43. The van der Waals surface area contributed by atoms with Gasteiger partial charge in [-0.1, -0.05) is 25.7 Å². The van der Waals surface area contributed by atoms with Crippen LogP contribution in [0.1, 0.15) is 49.9 Å². The van der Waals surface area contributed by atoms with Crippen LogP contribution in [0.4, 0.5) is 5.69 Å². The van der Waals surface area contributed by atoms with Crippen molar-refractivity contribution in [3.05, 3.63) is 11.4 Å². The molecule has 21 heavy (non-hydrogen) atoms. The molecule has 0 aliphatic heterocycles. The summed E-state index contributed by atoms with van der Waals surface area (Å²) in [6.45, 7) is 4.13. The van der Waals surface area contributed by atoms with Crippen molar-refractivity contribution in [1.29, 1.82) is 0 Å². The van der Waals surface area contributed by atoms with E-state index in [9.17, 15) is 9.90 Å². The SMILES string of the molecule is Cc1nn(CC(=O)NCC2(O)CCCCCC2)c(C)c1N. The second-order valence-corrected chi connectivity index (χ2v) is 6.16. The Morgan fingerprint density at radius 3 is 2.48 bits per heavy atom. The Balaban J connectivity index is 1.88. The lowest BCUT2D eigenvalue weighted by molar-refractivity contribution is -0.123. The molecule has 1 heterocycles. The maximum Gasteiger partial charge on any atom is 0.241 e. The van der Waals surface area contributed by atoms with E-state index in [1.54, 1.807) is 4.68 Å². The van der Waals surface area contributed by atoms with Crippen molar-refractivity contribution in [3.8, 4) is 0 Å². The molecule has 1 fully saturated rings. The van der Waals surface area contributed by atoms with Gasteiger partial charge >= 0.3 is 0 Å². The van der Waals surface area contributed by atoms with Gasteiger partial charge in [-0.3, -0.25) is 9.48 Å². The summed E-state index contributed by atoms with van der Waals surface area (Å²) in [6.07, 6.45) is 5.92. The number of aryl methyl sites for hydroxylation is 1. The van der Waals surface area contributed by atoms with Crippen molar-refractivity contribution < 1.29 is 9.90 Å². The van der Waals surface area contributed by atoms with E-state index < -0.39 is 5.60 Å². The van der Waals surface area contributed by atoms with Gasteiger partial charge in [-0.05, 0) is 26.7 Å². The van der Waals surface area contributed by atoms with Crippen molar-refractivity contribution >= 4 is 11.6 Å². The van der Waals surface area contributed by atoms with E-state index in [-0.39, 0.29) is 12.5 Å². The molecule has 1 amide bonds. The summed E-state index contributed by atoms with van der Waals surface area (Å²) in [5.74, 6) is -0.140. The van der Waals surface area contributed by atoms with Gasteiger partial charge in [0, 0.05) is 6.54 Å². The third-order valence-electron chi connectivity index (χ3n) is 4.38. The van der Waals surface area contributed by atoms with E-state index >= 15 is 0 Å². The van der Waals surface area contributed by atoms with E-state index in [0.717, 1.165) is 37.1 Å². The van der Waals surface area contributed by atoms with Crippen molar-refractivity contribution in [2.45, 2.75) is 64.5 Å². The highest BCUT2D eigenvalue weighted by atomic mass is 16.3. The van der Waals surface area contributed by atoms with E-state index in [1.807, 2.05) is 13.8 Å². The number of nitrogens with two attached hydrogens (primary N) is 1. The number of carbonyl (C=O) groups excluding carboxylic acids is 1. The van der Waals surface area contributed by atoms with Crippen molar-refractivity contribution in [3.63, 3.8) is 0 Å². The van der Waals surface area contributed by atoms with Gasteiger partial charge in [-0.25, -0.2) is 0 Å². The summed E-state index contributed by atoms with van der Waals surface area (Å²) in [7, 11) is 0. The summed E-state index contributed by atoms with van der Waals surface area (Å²) in [5.41, 5.74) is 7.27. The fourth-order valence-corrected chi connectivity index (χ4v) is 2.88. The first-order valence-electron chi connectivity index (χ1n) is 7.70. The van der Waals surface area contributed by atoms with Crippen molar-refractivity contribution in [2.75, 3.05) is 12.3 Å². The highest BCUT2D eigenvalue weighted by Gasteiger charge is 2.28. The molecule has 0 atom stereocenters. The summed E-state index contributed by atoms with van der Waals surface area (Å²) in [5, 5.41) is 17.6. The predicted octanol–water partition coefficient (Wildman–Crippen LogP) is 1.28. The van der Waals surface area contributed by atoms with Crippen LogP contribution in [0.15, 0.2) is 0 Å². The molecule has 0 aromatic carbocycles. The van der Waals surface area contributed by atoms with Crippen molar-refractivity contribution in [1.82, 2.24) is 15.1 Å². The molecular formula is C15H26N4O2. The lowest BCUT2D eigenvalue weighted by atomic mass is 9.94. The molecule has 2 rings (SSSR count). The van der Waals surface area contributed by atoms with Crippen LogP contribution in [0.5, 0.6) is 0 Å². The summed E-state index contributed by atoms with van der Waals surface area (Å²) < 4.78 is 1.61. The van der Waals surface area contributed by atoms with E-state index in [1.165, 1.54) is 12.8 Å². The van der Waals surface area contributed by atoms with Gasteiger partial charge < -0.3 is 16.2 Å². The van der Waals surface area contributed by atoms with Crippen LogP contribution in [0.25, 0.3) is 0 Å². The molecule has 1 aromatic rings. The number of hydrogen-bond acceptors (Lipinski definition) is 4. The smallest absolute Gasteiger partial charge is 0.241 e. The Morgan fingerprint density at radius 1 is 1.33 bits per heavy atom. The van der Waals surface area contributed by atoms with Gasteiger partial charge in [-0.2, -0.15) is 5.10 Å². The zero-order valence-corrected chi connectivity index (χ0v) is 13.0. The first-order valence-corrected chi connectivity index (χ1v) is 7.70. The van der Waals surface area contributed by atoms with E-state index in [2.05, 4.69) is 10.4 Å². The molecule has 0 saturated heterocycles. The fourth-order valence-electron chi connectivity index (χ4n) is 2.88. The molecule has 0 bridgehead atoms. The highest BCUT2D eigenvalue weighted by molar-refractivity contribution is 5.76. The van der Waals surface area contributed by atoms with Crippen LogP contribution in [0.3, 0.4) is 0 Å². The molecule has 1 saturated carbocycles. The van der Waals surface area contributed by atoms with E-state index in [0.29, 0.717) is 12.2 Å². The normalized spacial score (nSPS) is 18.2.